The van der Waals surface area contributed by atoms with E-state index in [9.17, 15) is 4.79 Å². The van der Waals surface area contributed by atoms with Gasteiger partial charge in [0.25, 0.3) is 5.91 Å². The lowest BCUT2D eigenvalue weighted by molar-refractivity contribution is 0.0815. The number of carbonyl (C=O) groups is 1. The maximum atomic E-state index is 11.7. The van der Waals surface area contributed by atoms with Gasteiger partial charge in [-0.1, -0.05) is 11.4 Å². The van der Waals surface area contributed by atoms with Crippen molar-refractivity contribution in [2.75, 3.05) is 13.6 Å². The zero-order valence-corrected chi connectivity index (χ0v) is 8.84. The smallest absolute Gasteiger partial charge is 0.268 e. The molecule has 0 aliphatic rings. The minimum Gasteiger partial charge on any atom is -0.328 e. The van der Waals surface area contributed by atoms with Crippen LogP contribution in [0.1, 0.15) is 22.3 Å². The Bertz CT molecular complexity index is 368. The summed E-state index contributed by atoms with van der Waals surface area (Å²) in [7, 11) is 1.59. The molecule has 1 aromatic heterocycles. The van der Waals surface area contributed by atoms with Crippen LogP contribution in [0.5, 0.6) is 0 Å². The largest absolute Gasteiger partial charge is 0.328 e. The summed E-state index contributed by atoms with van der Waals surface area (Å²) in [6.45, 7) is 2.00. The van der Waals surface area contributed by atoms with Gasteiger partial charge < -0.3 is 4.90 Å². The van der Waals surface area contributed by atoms with Crippen LogP contribution in [0, 0.1) is 11.3 Å². The summed E-state index contributed by atoms with van der Waals surface area (Å²) < 4.78 is 3.72. The third kappa shape index (κ3) is 2.06. The first-order chi connectivity index (χ1) is 6.70. The summed E-state index contributed by atoms with van der Waals surface area (Å²) in [6.07, 6.45) is 0.679. The lowest BCUT2D eigenvalue weighted by Gasteiger charge is -2.11. The van der Waals surface area contributed by atoms with Crippen LogP contribution in [0.3, 0.4) is 0 Å². The minimum atomic E-state index is -0.182. The molecule has 0 radical (unpaired) electrons. The van der Waals surface area contributed by atoms with Crippen LogP contribution in [0.4, 0.5) is 0 Å². The molecule has 0 aliphatic heterocycles. The average molecular weight is 210 g/mol. The van der Waals surface area contributed by atoms with E-state index in [1.807, 2.05) is 13.0 Å². The molecule has 5 nitrogen and oxygen atoms in total. The molecule has 0 spiro atoms. The van der Waals surface area contributed by atoms with Gasteiger partial charge in [-0.2, -0.15) is 5.26 Å². The van der Waals surface area contributed by atoms with Crippen molar-refractivity contribution < 1.29 is 4.79 Å². The maximum absolute atomic E-state index is 11.7. The molecule has 0 bridgehead atoms. The summed E-state index contributed by atoms with van der Waals surface area (Å²) in [5, 5.41) is 12.3. The lowest BCUT2D eigenvalue weighted by atomic mass is 10.3. The van der Waals surface area contributed by atoms with Crippen LogP contribution < -0.4 is 0 Å². The average Bonchev–Trinajstić information content (AvgIpc) is 2.64. The van der Waals surface area contributed by atoms with E-state index in [1.165, 1.54) is 4.90 Å². The highest BCUT2D eigenvalue weighted by molar-refractivity contribution is 7.07. The number of hydrogen-bond acceptors (Lipinski definition) is 5. The van der Waals surface area contributed by atoms with Crippen LogP contribution in [0.2, 0.25) is 0 Å². The van der Waals surface area contributed by atoms with E-state index in [0.717, 1.165) is 11.5 Å². The van der Waals surface area contributed by atoms with Gasteiger partial charge in [0.2, 0.25) is 0 Å². The molecule has 14 heavy (non-hydrogen) atoms. The normalized spacial score (nSPS) is 9.50. The summed E-state index contributed by atoms with van der Waals surface area (Å²) in [5.74, 6) is -0.182. The highest BCUT2D eigenvalue weighted by atomic mass is 32.1. The summed E-state index contributed by atoms with van der Waals surface area (Å²) in [4.78, 5) is 13.6. The van der Waals surface area contributed by atoms with Gasteiger partial charge in [-0.05, 0) is 18.0 Å². The topological polar surface area (TPSA) is 69.9 Å². The first-order valence-corrected chi connectivity index (χ1v) is 4.91. The van der Waals surface area contributed by atoms with Crippen LogP contribution in [-0.2, 0) is 6.42 Å². The molecule has 0 aromatic carbocycles. The van der Waals surface area contributed by atoms with Gasteiger partial charge in [-0.15, -0.1) is 5.10 Å². The van der Waals surface area contributed by atoms with Gasteiger partial charge in [0.1, 0.15) is 11.4 Å². The first kappa shape index (κ1) is 10.6. The molecular weight excluding hydrogens is 200 g/mol. The third-order valence-electron chi connectivity index (χ3n) is 1.74. The molecule has 6 heteroatoms. The van der Waals surface area contributed by atoms with Gasteiger partial charge in [0, 0.05) is 7.05 Å². The molecule has 0 aliphatic carbocycles. The Balaban J connectivity index is 2.84. The second kappa shape index (κ2) is 4.67. The molecule has 1 heterocycles. The Morgan fingerprint density at radius 1 is 1.71 bits per heavy atom. The Kier molecular flexibility index (Phi) is 3.54. The van der Waals surface area contributed by atoms with Crippen LogP contribution in [0.25, 0.3) is 0 Å². The molecule has 0 saturated carbocycles. The molecular formula is C8H10N4OS. The third-order valence-corrected chi connectivity index (χ3v) is 2.50. The number of nitriles is 1. The number of hydrogen-bond donors (Lipinski definition) is 0. The van der Waals surface area contributed by atoms with Crippen molar-refractivity contribution in [1.82, 2.24) is 14.5 Å². The number of amides is 1. The van der Waals surface area contributed by atoms with E-state index in [-0.39, 0.29) is 12.5 Å². The van der Waals surface area contributed by atoms with Crippen LogP contribution >= 0.6 is 11.5 Å². The van der Waals surface area contributed by atoms with Crippen molar-refractivity contribution in [3.05, 3.63) is 10.6 Å². The Morgan fingerprint density at radius 2 is 2.43 bits per heavy atom. The molecule has 1 amide bonds. The summed E-state index contributed by atoms with van der Waals surface area (Å²) in [5.41, 5.74) is 0.699. The molecule has 0 N–H and O–H groups in total. The van der Waals surface area contributed by atoms with E-state index in [2.05, 4.69) is 9.59 Å². The number of rotatable bonds is 3. The van der Waals surface area contributed by atoms with Crippen molar-refractivity contribution in [3.63, 3.8) is 0 Å². The maximum Gasteiger partial charge on any atom is 0.268 e. The summed E-state index contributed by atoms with van der Waals surface area (Å²) in [6, 6.07) is 1.92. The molecule has 0 atom stereocenters. The van der Waals surface area contributed by atoms with Gasteiger partial charge in [0.15, 0.2) is 0 Å². The highest BCUT2D eigenvalue weighted by Gasteiger charge is 2.18. The molecule has 0 fully saturated rings. The molecule has 74 valence electrons. The SMILES string of the molecule is CCc1nnsc1C(=O)N(C)CC#N. The second-order valence-electron chi connectivity index (χ2n) is 2.72. The van der Waals surface area contributed by atoms with Gasteiger partial charge in [-0.25, -0.2) is 0 Å². The van der Waals surface area contributed by atoms with Crippen LogP contribution in [0.15, 0.2) is 0 Å². The predicted octanol–water partition coefficient (Wildman–Crippen LogP) is 0.696. The van der Waals surface area contributed by atoms with E-state index < -0.39 is 0 Å². The monoisotopic (exact) mass is 210 g/mol. The van der Waals surface area contributed by atoms with E-state index >= 15 is 0 Å². The molecule has 0 unspecified atom stereocenters. The van der Waals surface area contributed by atoms with E-state index in [4.69, 9.17) is 5.26 Å². The van der Waals surface area contributed by atoms with Crippen molar-refractivity contribution in [2.45, 2.75) is 13.3 Å². The minimum absolute atomic E-state index is 0.0832. The lowest BCUT2D eigenvalue weighted by Crippen LogP contribution is -2.27. The fraction of sp³-hybridized carbons (Fsp3) is 0.500. The Morgan fingerprint density at radius 3 is 3.00 bits per heavy atom. The number of carbonyl (C=O) groups excluding carboxylic acids is 1. The van der Waals surface area contributed by atoms with Crippen molar-refractivity contribution in [2.24, 2.45) is 0 Å². The van der Waals surface area contributed by atoms with Crippen molar-refractivity contribution in [1.29, 1.82) is 5.26 Å². The van der Waals surface area contributed by atoms with Gasteiger partial charge in [-0.3, -0.25) is 4.79 Å². The fourth-order valence-electron chi connectivity index (χ4n) is 0.954. The predicted molar refractivity (Wildman–Crippen MR) is 51.9 cm³/mol. The van der Waals surface area contributed by atoms with Gasteiger partial charge in [0.05, 0.1) is 11.8 Å². The number of aryl methyl sites for hydroxylation is 1. The zero-order chi connectivity index (χ0) is 10.6. The summed E-state index contributed by atoms with van der Waals surface area (Å²) >= 11 is 1.07. The van der Waals surface area contributed by atoms with E-state index in [0.29, 0.717) is 17.0 Å². The Hall–Kier alpha value is -1.48. The standard InChI is InChI=1S/C8H10N4OS/c1-3-6-7(14-11-10-6)8(13)12(2)5-4-9/h3,5H2,1-2H3. The second-order valence-corrected chi connectivity index (χ2v) is 3.48. The van der Waals surface area contributed by atoms with Crippen LogP contribution in [-0.4, -0.2) is 34.0 Å². The van der Waals surface area contributed by atoms with E-state index in [1.54, 1.807) is 7.05 Å². The highest BCUT2D eigenvalue weighted by Crippen LogP contribution is 2.13. The van der Waals surface area contributed by atoms with Crippen molar-refractivity contribution in [3.8, 4) is 6.07 Å². The first-order valence-electron chi connectivity index (χ1n) is 4.14. The Labute approximate surface area is 86.1 Å². The van der Waals surface area contributed by atoms with Gasteiger partial charge >= 0.3 is 0 Å². The number of aromatic nitrogens is 2. The quantitative estimate of drug-likeness (QED) is 0.688. The van der Waals surface area contributed by atoms with Crippen molar-refractivity contribution >= 4 is 17.4 Å². The molecule has 1 rings (SSSR count). The zero-order valence-electron chi connectivity index (χ0n) is 8.02. The number of nitrogens with zero attached hydrogens (tertiary/aromatic N) is 4. The fourth-order valence-corrected chi connectivity index (χ4v) is 1.70. The molecule has 0 saturated heterocycles. The molecule has 1 aromatic rings.